The van der Waals surface area contributed by atoms with Crippen LogP contribution in [-0.2, 0) is 19.5 Å². The van der Waals surface area contributed by atoms with Crippen molar-refractivity contribution in [3.8, 4) is 28.4 Å². The molecule has 0 spiro atoms. The summed E-state index contributed by atoms with van der Waals surface area (Å²) in [5.41, 5.74) is 6.03. The van der Waals surface area contributed by atoms with Gasteiger partial charge in [0.1, 0.15) is 11.9 Å². The molecule has 1 fully saturated rings. The number of aliphatic hydroxyl groups is 1. The Labute approximate surface area is 208 Å². The van der Waals surface area contributed by atoms with Crippen molar-refractivity contribution >= 4 is 10.9 Å². The lowest BCUT2D eigenvalue weighted by Gasteiger charge is -2.35. The standard InChI is InChI=1S/C27H31FN6O2/c1-3-15-11-24(35)20(28)12-19(15)17-4-5-18-21(10-17)31-32-25(18)26-29-22-13-34(14-23(22)30-26)27(36)16-6-8-33(2)9-7-16/h4-5,10-12,16,27,35-36H,3,6-9,13-14H2,1-2H3,(H,29,30)(H,31,32). The molecule has 0 aliphatic carbocycles. The van der Waals surface area contributed by atoms with Gasteiger partial charge in [0.25, 0.3) is 0 Å². The SMILES string of the molecule is CCc1cc(O)c(F)cc1-c1ccc2c(-c3nc4c([nH]3)CN(C(O)C3CCN(C)CC3)C4)n[nH]c2c1. The van der Waals surface area contributed by atoms with E-state index in [0.717, 1.165) is 70.6 Å². The Kier molecular flexibility index (Phi) is 5.78. The van der Waals surface area contributed by atoms with Crippen molar-refractivity contribution < 1.29 is 14.6 Å². The molecular formula is C27H31FN6O2. The van der Waals surface area contributed by atoms with E-state index in [1.165, 1.54) is 12.1 Å². The van der Waals surface area contributed by atoms with E-state index in [9.17, 15) is 14.6 Å². The third-order valence-corrected chi connectivity index (χ3v) is 7.79. The zero-order chi connectivity index (χ0) is 25.0. The number of aromatic amines is 2. The Morgan fingerprint density at radius 3 is 2.72 bits per heavy atom. The average molecular weight is 491 g/mol. The lowest BCUT2D eigenvalue weighted by Crippen LogP contribution is -2.42. The van der Waals surface area contributed by atoms with Gasteiger partial charge in [-0.3, -0.25) is 10.00 Å². The molecule has 4 N–H and O–H groups in total. The Morgan fingerprint density at radius 1 is 1.17 bits per heavy atom. The van der Waals surface area contributed by atoms with Crippen molar-refractivity contribution in [1.82, 2.24) is 30.0 Å². The quantitative estimate of drug-likeness (QED) is 0.337. The van der Waals surface area contributed by atoms with E-state index in [4.69, 9.17) is 4.98 Å². The number of aryl methyl sites for hydroxylation is 1. The normalized spacial score (nSPS) is 18.2. The predicted molar refractivity (Wildman–Crippen MR) is 136 cm³/mol. The fraction of sp³-hybridized carbons (Fsp3) is 0.407. The van der Waals surface area contributed by atoms with Crippen molar-refractivity contribution in [2.75, 3.05) is 20.1 Å². The number of fused-ring (bicyclic) bond motifs is 2. The molecule has 2 aromatic heterocycles. The number of rotatable bonds is 5. The lowest BCUT2D eigenvalue weighted by atomic mass is 9.94. The molecular weight excluding hydrogens is 459 g/mol. The molecule has 1 atom stereocenters. The van der Waals surface area contributed by atoms with E-state index in [-0.39, 0.29) is 5.75 Å². The summed E-state index contributed by atoms with van der Waals surface area (Å²) < 4.78 is 14.1. The van der Waals surface area contributed by atoms with Crippen molar-refractivity contribution in [1.29, 1.82) is 0 Å². The third-order valence-electron chi connectivity index (χ3n) is 7.79. The maximum Gasteiger partial charge on any atom is 0.165 e. The van der Waals surface area contributed by atoms with Gasteiger partial charge in [-0.15, -0.1) is 0 Å². The Bertz CT molecular complexity index is 1400. The number of H-pyrrole nitrogens is 2. The van der Waals surface area contributed by atoms with Crippen molar-refractivity contribution in [2.45, 2.75) is 45.5 Å². The van der Waals surface area contributed by atoms with Crippen LogP contribution in [0.3, 0.4) is 0 Å². The van der Waals surface area contributed by atoms with Gasteiger partial charge in [0.15, 0.2) is 17.4 Å². The first-order chi connectivity index (χ1) is 17.4. The first-order valence-corrected chi connectivity index (χ1v) is 12.6. The molecule has 8 nitrogen and oxygen atoms in total. The molecule has 4 aromatic rings. The second-order valence-corrected chi connectivity index (χ2v) is 10.1. The van der Waals surface area contributed by atoms with Crippen LogP contribution in [0.25, 0.3) is 33.5 Å². The second kappa shape index (κ2) is 8.99. The highest BCUT2D eigenvalue weighted by molar-refractivity contribution is 5.94. The van der Waals surface area contributed by atoms with Gasteiger partial charge in [-0.25, -0.2) is 9.37 Å². The summed E-state index contributed by atoms with van der Waals surface area (Å²) >= 11 is 0. The second-order valence-electron chi connectivity index (χ2n) is 10.1. The third kappa shape index (κ3) is 3.97. The first-order valence-electron chi connectivity index (χ1n) is 12.6. The highest BCUT2D eigenvalue weighted by Gasteiger charge is 2.34. The topological polar surface area (TPSA) is 104 Å². The highest BCUT2D eigenvalue weighted by Crippen LogP contribution is 2.35. The zero-order valence-electron chi connectivity index (χ0n) is 20.6. The van der Waals surface area contributed by atoms with Crippen LogP contribution in [0.2, 0.25) is 0 Å². The fourth-order valence-corrected chi connectivity index (χ4v) is 5.62. The summed E-state index contributed by atoms with van der Waals surface area (Å²) in [4.78, 5) is 12.7. The zero-order valence-corrected chi connectivity index (χ0v) is 20.6. The van der Waals surface area contributed by atoms with Crippen LogP contribution >= 0.6 is 0 Å². The molecule has 9 heteroatoms. The number of nitrogens with one attached hydrogen (secondary N) is 2. The number of likely N-dealkylation sites (tertiary alicyclic amines) is 1. The van der Waals surface area contributed by atoms with Crippen molar-refractivity contribution in [2.24, 2.45) is 5.92 Å². The van der Waals surface area contributed by atoms with E-state index in [1.54, 1.807) is 0 Å². The summed E-state index contributed by atoms with van der Waals surface area (Å²) in [5.74, 6) is 0.0401. The summed E-state index contributed by atoms with van der Waals surface area (Å²) in [6.45, 7) is 5.30. The number of aliphatic hydroxyl groups excluding tert-OH is 1. The molecule has 0 amide bonds. The van der Waals surface area contributed by atoms with Gasteiger partial charge in [-0.2, -0.15) is 5.10 Å². The molecule has 0 bridgehead atoms. The van der Waals surface area contributed by atoms with E-state index >= 15 is 0 Å². The molecule has 188 valence electrons. The monoisotopic (exact) mass is 490 g/mol. The minimum Gasteiger partial charge on any atom is -0.505 e. The number of imidazole rings is 1. The summed E-state index contributed by atoms with van der Waals surface area (Å²) in [6, 6.07) is 8.74. The summed E-state index contributed by atoms with van der Waals surface area (Å²) in [6.07, 6.45) is 2.25. The van der Waals surface area contributed by atoms with E-state index < -0.39 is 12.0 Å². The van der Waals surface area contributed by atoms with Crippen LogP contribution in [0.1, 0.15) is 36.7 Å². The summed E-state index contributed by atoms with van der Waals surface area (Å²) in [7, 11) is 2.13. The minimum atomic E-state index is -0.632. The smallest absolute Gasteiger partial charge is 0.165 e. The van der Waals surface area contributed by atoms with E-state index in [0.29, 0.717) is 31.3 Å². The Balaban J connectivity index is 1.23. The van der Waals surface area contributed by atoms with Crippen LogP contribution in [0.4, 0.5) is 4.39 Å². The van der Waals surface area contributed by atoms with Gasteiger partial charge in [-0.1, -0.05) is 13.0 Å². The molecule has 4 heterocycles. The largest absolute Gasteiger partial charge is 0.505 e. The molecule has 1 unspecified atom stereocenters. The van der Waals surface area contributed by atoms with Gasteiger partial charge >= 0.3 is 0 Å². The lowest BCUT2D eigenvalue weighted by molar-refractivity contribution is -0.0600. The number of phenols is 1. The maximum absolute atomic E-state index is 14.1. The van der Waals surface area contributed by atoms with Crippen molar-refractivity contribution in [3.05, 3.63) is 53.1 Å². The molecule has 6 rings (SSSR count). The fourth-order valence-electron chi connectivity index (χ4n) is 5.62. The average Bonchev–Trinajstić information content (AvgIpc) is 3.58. The number of hydrogen-bond acceptors (Lipinski definition) is 6. The van der Waals surface area contributed by atoms with Crippen LogP contribution in [-0.4, -0.2) is 66.5 Å². The Hall–Kier alpha value is -3.27. The molecule has 36 heavy (non-hydrogen) atoms. The van der Waals surface area contributed by atoms with Crippen molar-refractivity contribution in [3.63, 3.8) is 0 Å². The van der Waals surface area contributed by atoms with Crippen LogP contribution in [0.5, 0.6) is 5.75 Å². The number of piperidine rings is 1. The molecule has 2 aromatic carbocycles. The van der Waals surface area contributed by atoms with Crippen LogP contribution < -0.4 is 0 Å². The van der Waals surface area contributed by atoms with E-state index in [2.05, 4.69) is 32.0 Å². The van der Waals surface area contributed by atoms with Gasteiger partial charge in [-0.05, 0) is 80.4 Å². The van der Waals surface area contributed by atoms with Gasteiger partial charge in [0.2, 0.25) is 0 Å². The highest BCUT2D eigenvalue weighted by atomic mass is 19.1. The minimum absolute atomic E-state index is 0.296. The number of hydrogen-bond donors (Lipinski definition) is 4. The molecule has 0 saturated carbocycles. The van der Waals surface area contributed by atoms with Crippen LogP contribution in [0, 0.1) is 11.7 Å². The maximum atomic E-state index is 14.1. The first kappa shape index (κ1) is 23.1. The van der Waals surface area contributed by atoms with Gasteiger partial charge < -0.3 is 20.1 Å². The van der Waals surface area contributed by atoms with Gasteiger partial charge in [0, 0.05) is 24.4 Å². The van der Waals surface area contributed by atoms with Gasteiger partial charge in [0.05, 0.1) is 16.9 Å². The number of benzene rings is 2. The van der Waals surface area contributed by atoms with E-state index in [1.807, 2.05) is 25.1 Å². The molecule has 1 saturated heterocycles. The number of aromatic nitrogens is 4. The molecule has 2 aliphatic heterocycles. The number of nitrogens with zero attached hydrogens (tertiary/aromatic N) is 4. The number of halogens is 1. The Morgan fingerprint density at radius 2 is 1.97 bits per heavy atom. The number of aromatic hydroxyl groups is 1. The number of phenolic OH excluding ortho intramolecular Hbond substituents is 1. The summed E-state index contributed by atoms with van der Waals surface area (Å²) in [5, 5.41) is 29.2. The molecule has 2 aliphatic rings. The van der Waals surface area contributed by atoms with Crippen LogP contribution in [0.15, 0.2) is 30.3 Å². The molecule has 0 radical (unpaired) electrons. The predicted octanol–water partition coefficient (Wildman–Crippen LogP) is 4.00.